The first-order valence-corrected chi connectivity index (χ1v) is 6.14. The molecule has 6 heteroatoms. The first-order valence-electron chi connectivity index (χ1n) is 6.14. The second-order valence-corrected chi connectivity index (χ2v) is 4.48. The number of ether oxygens (including phenoxy) is 2. The molecule has 21 heavy (non-hydrogen) atoms. The molecule has 0 fully saturated rings. The highest BCUT2D eigenvalue weighted by atomic mass is 16.5. The Morgan fingerprint density at radius 3 is 1.38 bits per heavy atom. The van der Waals surface area contributed by atoms with Crippen molar-refractivity contribution < 1.29 is 29.9 Å². The number of rotatable bonds is 4. The van der Waals surface area contributed by atoms with E-state index in [-0.39, 0.29) is 40.9 Å². The van der Waals surface area contributed by atoms with Crippen LogP contribution in [0, 0.1) is 0 Å². The highest BCUT2D eigenvalue weighted by molar-refractivity contribution is 5.54. The topological polar surface area (TPSA) is 99.4 Å². The van der Waals surface area contributed by atoms with Crippen LogP contribution in [0.4, 0.5) is 0 Å². The third kappa shape index (κ3) is 2.89. The van der Waals surface area contributed by atoms with Crippen molar-refractivity contribution >= 4 is 0 Å². The number of methoxy groups -OCH3 is 2. The molecule has 0 radical (unpaired) electrons. The van der Waals surface area contributed by atoms with Crippen LogP contribution in [0.2, 0.25) is 0 Å². The molecule has 6 nitrogen and oxygen atoms in total. The standard InChI is InChI=1S/C15H16O6/c1-20-14-6-10(16)8(4-12(14)18)3-9-5-13(19)15(21-2)7-11(9)17/h4-7,16-19H,3H2,1-2H3. The zero-order chi connectivity index (χ0) is 15.6. The number of aromatic hydroxyl groups is 4. The van der Waals surface area contributed by atoms with Gasteiger partial charge in [-0.1, -0.05) is 0 Å². The van der Waals surface area contributed by atoms with Gasteiger partial charge < -0.3 is 29.9 Å². The minimum absolute atomic E-state index is 0.0839. The lowest BCUT2D eigenvalue weighted by atomic mass is 10.0. The van der Waals surface area contributed by atoms with Gasteiger partial charge in [-0.25, -0.2) is 0 Å². The molecule has 2 aromatic rings. The minimum Gasteiger partial charge on any atom is -0.508 e. The smallest absolute Gasteiger partial charge is 0.164 e. The lowest BCUT2D eigenvalue weighted by Gasteiger charge is -2.12. The molecule has 0 bridgehead atoms. The maximum Gasteiger partial charge on any atom is 0.164 e. The molecule has 2 aromatic carbocycles. The Morgan fingerprint density at radius 2 is 1.05 bits per heavy atom. The Bertz CT molecular complexity index is 608. The third-order valence-electron chi connectivity index (χ3n) is 3.14. The molecule has 0 aliphatic heterocycles. The number of benzene rings is 2. The van der Waals surface area contributed by atoms with E-state index in [9.17, 15) is 20.4 Å². The summed E-state index contributed by atoms with van der Waals surface area (Å²) in [6.07, 6.45) is 0.118. The molecule has 0 heterocycles. The van der Waals surface area contributed by atoms with Gasteiger partial charge in [0.05, 0.1) is 14.2 Å². The largest absolute Gasteiger partial charge is 0.508 e. The van der Waals surface area contributed by atoms with E-state index in [1.807, 2.05) is 0 Å². The maximum atomic E-state index is 9.91. The Hall–Kier alpha value is -2.76. The van der Waals surface area contributed by atoms with E-state index in [4.69, 9.17) is 9.47 Å². The summed E-state index contributed by atoms with van der Waals surface area (Å²) in [5, 5.41) is 39.3. The van der Waals surface area contributed by atoms with E-state index in [1.54, 1.807) is 0 Å². The summed E-state index contributed by atoms with van der Waals surface area (Å²) < 4.78 is 9.78. The molecule has 0 aliphatic rings. The molecule has 0 spiro atoms. The highest BCUT2D eigenvalue weighted by Gasteiger charge is 2.14. The fourth-order valence-electron chi connectivity index (χ4n) is 2.02. The summed E-state index contributed by atoms with van der Waals surface area (Å²) in [5.41, 5.74) is 0.765. The van der Waals surface area contributed by atoms with Crippen LogP contribution in [-0.4, -0.2) is 34.6 Å². The Kier molecular flexibility index (Phi) is 3.98. The van der Waals surface area contributed by atoms with Crippen molar-refractivity contribution in [2.24, 2.45) is 0 Å². The maximum absolute atomic E-state index is 9.91. The van der Waals surface area contributed by atoms with Gasteiger partial charge in [-0.2, -0.15) is 0 Å². The average molecular weight is 292 g/mol. The molecule has 0 unspecified atom stereocenters. The van der Waals surface area contributed by atoms with Crippen LogP contribution in [0.5, 0.6) is 34.5 Å². The van der Waals surface area contributed by atoms with Crippen molar-refractivity contribution in [1.29, 1.82) is 0 Å². The minimum atomic E-state index is -0.123. The molecule has 0 aliphatic carbocycles. The predicted octanol–water partition coefficient (Wildman–Crippen LogP) is 2.12. The summed E-state index contributed by atoms with van der Waals surface area (Å²) >= 11 is 0. The SMILES string of the molecule is COc1cc(O)c(Cc2cc(O)c(OC)cc2O)cc1O. The monoisotopic (exact) mass is 292 g/mol. The van der Waals surface area contributed by atoms with Crippen molar-refractivity contribution in [1.82, 2.24) is 0 Å². The van der Waals surface area contributed by atoms with Gasteiger partial charge in [0.25, 0.3) is 0 Å². The molecular weight excluding hydrogens is 276 g/mol. The van der Waals surface area contributed by atoms with Gasteiger partial charge in [-0.15, -0.1) is 0 Å². The summed E-state index contributed by atoms with van der Waals surface area (Å²) in [6, 6.07) is 5.25. The Balaban J connectivity index is 2.39. The highest BCUT2D eigenvalue weighted by Crippen LogP contribution is 2.38. The number of phenolic OH excluding ortho intramolecular Hbond substituents is 4. The summed E-state index contributed by atoms with van der Waals surface area (Å²) in [7, 11) is 2.75. The molecule has 0 saturated heterocycles. The van der Waals surface area contributed by atoms with Crippen LogP contribution < -0.4 is 9.47 Å². The number of phenols is 4. The molecule has 4 N–H and O–H groups in total. The Morgan fingerprint density at radius 1 is 0.667 bits per heavy atom. The van der Waals surface area contributed by atoms with Crippen LogP contribution in [0.1, 0.15) is 11.1 Å². The molecule has 112 valence electrons. The lowest BCUT2D eigenvalue weighted by molar-refractivity contribution is 0.366. The zero-order valence-electron chi connectivity index (χ0n) is 11.6. The average Bonchev–Trinajstić information content (AvgIpc) is 2.45. The molecule has 0 atom stereocenters. The van der Waals surface area contributed by atoms with E-state index in [2.05, 4.69) is 0 Å². The van der Waals surface area contributed by atoms with Gasteiger partial charge in [0.2, 0.25) is 0 Å². The normalized spacial score (nSPS) is 10.4. The van der Waals surface area contributed by atoms with E-state index in [0.29, 0.717) is 11.1 Å². The lowest BCUT2D eigenvalue weighted by Crippen LogP contribution is -1.93. The van der Waals surface area contributed by atoms with Gasteiger partial charge >= 0.3 is 0 Å². The quantitative estimate of drug-likeness (QED) is 0.644. The van der Waals surface area contributed by atoms with Crippen molar-refractivity contribution in [3.05, 3.63) is 35.4 Å². The second kappa shape index (κ2) is 5.70. The first-order chi connectivity index (χ1) is 9.96. The molecular formula is C15H16O6. The van der Waals surface area contributed by atoms with Crippen molar-refractivity contribution in [3.63, 3.8) is 0 Å². The van der Waals surface area contributed by atoms with E-state index in [1.165, 1.54) is 38.5 Å². The zero-order valence-corrected chi connectivity index (χ0v) is 11.6. The summed E-state index contributed by atoms with van der Waals surface area (Å²) in [4.78, 5) is 0. The van der Waals surface area contributed by atoms with Crippen LogP contribution in [0.15, 0.2) is 24.3 Å². The summed E-state index contributed by atoms with van der Waals surface area (Å²) in [5.74, 6) is -0.111. The summed E-state index contributed by atoms with van der Waals surface area (Å²) in [6.45, 7) is 0. The van der Waals surface area contributed by atoms with Crippen LogP contribution >= 0.6 is 0 Å². The van der Waals surface area contributed by atoms with Gasteiger partial charge in [0.15, 0.2) is 23.0 Å². The predicted molar refractivity (Wildman–Crippen MR) is 75.5 cm³/mol. The molecule has 0 saturated carbocycles. The molecule has 0 amide bonds. The van der Waals surface area contributed by atoms with Crippen molar-refractivity contribution in [2.75, 3.05) is 14.2 Å². The van der Waals surface area contributed by atoms with E-state index in [0.717, 1.165) is 0 Å². The second-order valence-electron chi connectivity index (χ2n) is 4.48. The van der Waals surface area contributed by atoms with E-state index < -0.39 is 0 Å². The number of hydrogen-bond acceptors (Lipinski definition) is 6. The first kappa shape index (κ1) is 14.6. The van der Waals surface area contributed by atoms with E-state index >= 15 is 0 Å². The fraction of sp³-hybridized carbons (Fsp3) is 0.200. The Labute approximate surface area is 121 Å². The van der Waals surface area contributed by atoms with Gasteiger partial charge in [0, 0.05) is 29.7 Å². The van der Waals surface area contributed by atoms with Crippen molar-refractivity contribution in [3.8, 4) is 34.5 Å². The van der Waals surface area contributed by atoms with Gasteiger partial charge in [-0.05, 0) is 12.1 Å². The molecule has 0 aromatic heterocycles. The van der Waals surface area contributed by atoms with Gasteiger partial charge in [0.1, 0.15) is 11.5 Å². The van der Waals surface area contributed by atoms with Crippen LogP contribution in [0.3, 0.4) is 0 Å². The molecule has 2 rings (SSSR count). The van der Waals surface area contributed by atoms with Crippen molar-refractivity contribution in [2.45, 2.75) is 6.42 Å². The number of hydrogen-bond donors (Lipinski definition) is 4. The van der Waals surface area contributed by atoms with Crippen LogP contribution in [-0.2, 0) is 6.42 Å². The fourth-order valence-corrected chi connectivity index (χ4v) is 2.02. The van der Waals surface area contributed by atoms with Crippen LogP contribution in [0.25, 0.3) is 0 Å². The van der Waals surface area contributed by atoms with Gasteiger partial charge in [-0.3, -0.25) is 0 Å². The third-order valence-corrected chi connectivity index (χ3v) is 3.14.